The van der Waals surface area contributed by atoms with Crippen LogP contribution in [-0.2, 0) is 12.8 Å². The molecule has 3 heteroatoms. The van der Waals surface area contributed by atoms with Crippen molar-refractivity contribution < 1.29 is 0 Å². The molecule has 1 aromatic rings. The van der Waals surface area contributed by atoms with E-state index in [9.17, 15) is 0 Å². The van der Waals surface area contributed by atoms with Gasteiger partial charge < -0.3 is 5.32 Å². The van der Waals surface area contributed by atoms with E-state index in [2.05, 4.69) is 51.2 Å². The summed E-state index contributed by atoms with van der Waals surface area (Å²) >= 11 is 5.66. The van der Waals surface area contributed by atoms with Gasteiger partial charge in [-0.3, -0.25) is 0 Å². The van der Waals surface area contributed by atoms with Crippen LogP contribution in [0.15, 0.2) is 22.7 Å². The van der Waals surface area contributed by atoms with Crippen molar-refractivity contribution in [1.29, 1.82) is 0 Å². The molecule has 1 fully saturated rings. The zero-order valence-electron chi connectivity index (χ0n) is 8.55. The Bertz CT molecular complexity index is 385. The highest BCUT2D eigenvalue weighted by Crippen LogP contribution is 2.40. The molecule has 1 N–H and O–H groups in total. The van der Waals surface area contributed by atoms with Gasteiger partial charge in [-0.25, -0.2) is 0 Å². The highest BCUT2D eigenvalue weighted by atomic mass is 79.9. The van der Waals surface area contributed by atoms with Crippen molar-refractivity contribution in [2.24, 2.45) is 0 Å². The van der Waals surface area contributed by atoms with Crippen molar-refractivity contribution in [1.82, 2.24) is 5.32 Å². The molecule has 80 valence electrons. The second-order valence-corrected chi connectivity index (χ2v) is 6.75. The summed E-state index contributed by atoms with van der Waals surface area (Å²) in [6, 6.07) is 6.72. The van der Waals surface area contributed by atoms with Gasteiger partial charge in [0.2, 0.25) is 0 Å². The first-order chi connectivity index (χ1) is 7.27. The van der Waals surface area contributed by atoms with Crippen LogP contribution >= 0.6 is 27.7 Å². The predicted octanol–water partition coefficient (Wildman–Crippen LogP) is 2.97. The SMILES string of the molecule is Brc1ccc2c(c1)CCC1(C2)NCCS1. The van der Waals surface area contributed by atoms with E-state index >= 15 is 0 Å². The summed E-state index contributed by atoms with van der Waals surface area (Å²) in [6.07, 6.45) is 3.69. The van der Waals surface area contributed by atoms with Crippen LogP contribution in [0.3, 0.4) is 0 Å². The zero-order valence-corrected chi connectivity index (χ0v) is 11.0. The van der Waals surface area contributed by atoms with E-state index in [0.29, 0.717) is 4.87 Å². The van der Waals surface area contributed by atoms with Gasteiger partial charge in [-0.15, -0.1) is 11.8 Å². The monoisotopic (exact) mass is 283 g/mol. The van der Waals surface area contributed by atoms with Crippen molar-refractivity contribution >= 4 is 27.7 Å². The van der Waals surface area contributed by atoms with Crippen molar-refractivity contribution in [3.05, 3.63) is 33.8 Å². The summed E-state index contributed by atoms with van der Waals surface area (Å²) in [6.45, 7) is 1.18. The van der Waals surface area contributed by atoms with Crippen LogP contribution in [0.25, 0.3) is 0 Å². The van der Waals surface area contributed by atoms with E-state index in [1.807, 2.05) is 0 Å². The summed E-state index contributed by atoms with van der Waals surface area (Å²) in [5.74, 6) is 1.27. The van der Waals surface area contributed by atoms with Gasteiger partial charge in [0, 0.05) is 23.2 Å². The molecule has 1 aromatic carbocycles. The summed E-state index contributed by atoms with van der Waals surface area (Å²) in [7, 11) is 0. The molecule has 15 heavy (non-hydrogen) atoms. The Morgan fingerprint density at radius 2 is 2.27 bits per heavy atom. The van der Waals surface area contributed by atoms with Crippen LogP contribution < -0.4 is 5.32 Å². The number of hydrogen-bond donors (Lipinski definition) is 1. The third kappa shape index (κ3) is 1.85. The van der Waals surface area contributed by atoms with Crippen LogP contribution in [0.4, 0.5) is 0 Å². The molecular weight excluding hydrogens is 270 g/mol. The number of hydrogen-bond acceptors (Lipinski definition) is 2. The van der Waals surface area contributed by atoms with Gasteiger partial charge in [0.05, 0.1) is 4.87 Å². The summed E-state index contributed by atoms with van der Waals surface area (Å²) in [5.41, 5.74) is 3.07. The van der Waals surface area contributed by atoms with Crippen molar-refractivity contribution in [3.8, 4) is 0 Å². The van der Waals surface area contributed by atoms with E-state index < -0.39 is 0 Å². The Labute approximate surface area is 103 Å². The molecule has 1 unspecified atom stereocenters. The molecule has 1 nitrogen and oxygen atoms in total. The van der Waals surface area contributed by atoms with Gasteiger partial charge in [-0.05, 0) is 36.1 Å². The first kappa shape index (κ1) is 10.2. The average Bonchev–Trinajstić information content (AvgIpc) is 2.67. The minimum absolute atomic E-state index is 0.362. The minimum atomic E-state index is 0.362. The molecule has 1 spiro atoms. The van der Waals surface area contributed by atoms with Crippen LogP contribution in [0.1, 0.15) is 17.5 Å². The van der Waals surface area contributed by atoms with Crippen molar-refractivity contribution in [3.63, 3.8) is 0 Å². The molecule has 0 bridgehead atoms. The molecular formula is C12H14BrNS. The van der Waals surface area contributed by atoms with Gasteiger partial charge in [0.1, 0.15) is 0 Å². The molecule has 1 heterocycles. The number of aryl methyl sites for hydroxylation is 1. The van der Waals surface area contributed by atoms with E-state index in [1.54, 1.807) is 0 Å². The minimum Gasteiger partial charge on any atom is -0.302 e. The van der Waals surface area contributed by atoms with E-state index in [0.717, 1.165) is 0 Å². The second kappa shape index (κ2) is 3.79. The lowest BCUT2D eigenvalue weighted by Gasteiger charge is -2.34. The molecule has 0 amide bonds. The predicted molar refractivity (Wildman–Crippen MR) is 69.4 cm³/mol. The standard InChI is InChI=1S/C12H14BrNS/c13-11-2-1-10-8-12(14-5-6-15-12)4-3-9(10)7-11/h1-2,7,14H,3-6,8H2. The number of fused-ring (bicyclic) bond motifs is 1. The highest BCUT2D eigenvalue weighted by Gasteiger charge is 2.37. The van der Waals surface area contributed by atoms with Gasteiger partial charge in [-0.2, -0.15) is 0 Å². The number of rotatable bonds is 0. The lowest BCUT2D eigenvalue weighted by atomic mass is 9.88. The molecule has 3 rings (SSSR count). The average molecular weight is 284 g/mol. The molecule has 1 aliphatic carbocycles. The fraction of sp³-hybridized carbons (Fsp3) is 0.500. The lowest BCUT2D eigenvalue weighted by Crippen LogP contribution is -2.42. The number of nitrogens with one attached hydrogen (secondary N) is 1. The van der Waals surface area contributed by atoms with Crippen molar-refractivity contribution in [2.45, 2.75) is 24.1 Å². The largest absolute Gasteiger partial charge is 0.302 e. The van der Waals surface area contributed by atoms with Gasteiger partial charge in [0.25, 0.3) is 0 Å². The Balaban J connectivity index is 1.93. The Hall–Kier alpha value is 0.01000. The molecule has 0 radical (unpaired) electrons. The van der Waals surface area contributed by atoms with E-state index in [1.165, 1.54) is 47.2 Å². The Kier molecular flexibility index (Phi) is 2.57. The fourth-order valence-corrected chi connectivity index (χ4v) is 4.29. The normalized spacial score (nSPS) is 29.4. The molecule has 0 aromatic heterocycles. The lowest BCUT2D eigenvalue weighted by molar-refractivity contribution is 0.444. The Morgan fingerprint density at radius 1 is 1.33 bits per heavy atom. The third-order valence-electron chi connectivity index (χ3n) is 3.37. The third-order valence-corrected chi connectivity index (χ3v) is 5.32. The van der Waals surface area contributed by atoms with Crippen LogP contribution in [0, 0.1) is 0 Å². The maximum atomic E-state index is 3.68. The molecule has 1 saturated heterocycles. The highest BCUT2D eigenvalue weighted by molar-refractivity contribution is 9.10. The number of thioether (sulfide) groups is 1. The van der Waals surface area contributed by atoms with E-state index in [-0.39, 0.29) is 0 Å². The summed E-state index contributed by atoms with van der Waals surface area (Å²) in [5, 5.41) is 3.68. The molecule has 0 saturated carbocycles. The first-order valence-electron chi connectivity index (χ1n) is 5.44. The van der Waals surface area contributed by atoms with Crippen molar-refractivity contribution in [2.75, 3.05) is 12.3 Å². The van der Waals surface area contributed by atoms with Gasteiger partial charge >= 0.3 is 0 Å². The van der Waals surface area contributed by atoms with Crippen LogP contribution in [0.2, 0.25) is 0 Å². The first-order valence-corrected chi connectivity index (χ1v) is 7.22. The topological polar surface area (TPSA) is 12.0 Å². The number of benzene rings is 1. The Morgan fingerprint density at radius 3 is 3.07 bits per heavy atom. The molecule has 2 aliphatic rings. The zero-order chi connectivity index (χ0) is 10.3. The quantitative estimate of drug-likeness (QED) is 0.786. The van der Waals surface area contributed by atoms with Gasteiger partial charge in [-0.1, -0.05) is 22.0 Å². The molecule has 1 atom stereocenters. The summed E-state index contributed by atoms with van der Waals surface area (Å²) < 4.78 is 1.21. The smallest absolute Gasteiger partial charge is 0.0689 e. The fourth-order valence-electron chi connectivity index (χ4n) is 2.58. The number of halogens is 1. The summed E-state index contributed by atoms with van der Waals surface area (Å²) in [4.78, 5) is 0.362. The second-order valence-electron chi connectivity index (χ2n) is 4.36. The maximum absolute atomic E-state index is 3.68. The van der Waals surface area contributed by atoms with E-state index in [4.69, 9.17) is 0 Å². The van der Waals surface area contributed by atoms with Crippen LogP contribution in [0.5, 0.6) is 0 Å². The van der Waals surface area contributed by atoms with Gasteiger partial charge in [0.15, 0.2) is 0 Å². The van der Waals surface area contributed by atoms with Crippen LogP contribution in [-0.4, -0.2) is 17.2 Å². The molecule has 1 aliphatic heterocycles. The maximum Gasteiger partial charge on any atom is 0.0689 e.